The Labute approximate surface area is 651 Å². The van der Waals surface area contributed by atoms with Crippen molar-refractivity contribution in [2.45, 2.75) is 158 Å². The lowest BCUT2D eigenvalue weighted by Gasteiger charge is -2.49. The van der Waals surface area contributed by atoms with E-state index in [0.29, 0.717) is 0 Å². The summed E-state index contributed by atoms with van der Waals surface area (Å²) in [7, 11) is 0. The van der Waals surface area contributed by atoms with E-state index in [2.05, 4.69) is 0 Å². The average Bonchev–Trinajstić information content (AvgIpc) is 1.62. The lowest BCUT2D eigenvalue weighted by atomic mass is 9.96. The van der Waals surface area contributed by atoms with Crippen molar-refractivity contribution >= 4 is 0 Å². The molecule has 0 amide bonds. The lowest BCUT2D eigenvalue weighted by molar-refractivity contribution is -0.411. The molecule has 0 bridgehead atoms. The van der Waals surface area contributed by atoms with E-state index in [0.717, 1.165) is 61.2 Å². The summed E-state index contributed by atoms with van der Waals surface area (Å²) in [6, 6.07) is 110. The third-order valence-corrected chi connectivity index (χ3v) is 19.8. The Hall–Kier alpha value is -9.22. The lowest BCUT2D eigenvalue weighted by Crippen LogP contribution is -2.66. The molecule has 111 heavy (non-hydrogen) atoms. The summed E-state index contributed by atoms with van der Waals surface area (Å²) < 4.78 is 119. The van der Waals surface area contributed by atoms with Gasteiger partial charge in [-0.15, -0.1) is 0 Å². The maximum atomic E-state index is 8.12. The van der Waals surface area contributed by atoms with Gasteiger partial charge < -0.3 is 75.8 Å². The zero-order valence-corrected chi connectivity index (χ0v) is 62.4. The van der Waals surface area contributed by atoms with Crippen molar-refractivity contribution in [1.82, 2.24) is 0 Å². The van der Waals surface area contributed by atoms with E-state index in [-0.39, 0.29) is 99.1 Å². The van der Waals surface area contributed by atoms with Gasteiger partial charge in [0.25, 0.3) is 0 Å². The number of benzene rings is 11. The minimum absolute atomic E-state index is 0.0146. The second-order valence-corrected chi connectivity index (χ2v) is 28.0. The van der Waals surface area contributed by atoms with Crippen LogP contribution in [0.1, 0.15) is 61.2 Å². The van der Waals surface area contributed by atoms with Gasteiger partial charge in [0.05, 0.1) is 92.5 Å². The first-order valence-corrected chi connectivity index (χ1v) is 38.4. The fraction of sp³-hybridized carbons (Fsp3) is 0.305. The number of hydrogen-bond acceptors (Lipinski definition) is 16. The first kappa shape index (κ1) is 78.5. The molecule has 16 nitrogen and oxygen atoms in total. The molecule has 3 heterocycles. The van der Waals surface area contributed by atoms with Crippen LogP contribution in [-0.4, -0.2) is 112 Å². The molecule has 14 rings (SSSR count). The smallest absolute Gasteiger partial charge is 0.224 e. The predicted octanol–water partition coefficient (Wildman–Crippen LogP) is 16.9. The third-order valence-electron chi connectivity index (χ3n) is 19.8. The van der Waals surface area contributed by atoms with E-state index in [4.69, 9.17) is 75.8 Å². The summed E-state index contributed by atoms with van der Waals surface area (Å²) >= 11 is 0. The zero-order valence-electron chi connectivity index (χ0n) is 62.4. The fourth-order valence-corrected chi connectivity index (χ4v) is 14.1. The van der Waals surface area contributed by atoms with Gasteiger partial charge in [0.1, 0.15) is 73.8 Å². The number of hydrogen-bond donors (Lipinski definition) is 0. The summed E-state index contributed by atoms with van der Waals surface area (Å²) in [6.45, 7) is 1.76. The Bertz CT molecular complexity index is 4350. The van der Waals surface area contributed by atoms with Crippen LogP contribution in [0.4, 0.5) is 0 Å². The molecule has 3 aliphatic rings. The van der Waals surface area contributed by atoms with Crippen LogP contribution in [0, 0.1) is 0 Å². The highest BCUT2D eigenvalue weighted by atomic mass is 16.8. The van der Waals surface area contributed by atoms with Crippen LogP contribution in [-0.2, 0) is 148 Å². The molecule has 574 valence electrons. The van der Waals surface area contributed by atoms with E-state index >= 15 is 0 Å². The van der Waals surface area contributed by atoms with Crippen molar-refractivity contribution in [3.8, 4) is 0 Å². The van der Waals surface area contributed by atoms with Crippen LogP contribution in [0.3, 0.4) is 0 Å². The minimum atomic E-state index is -2.05. The maximum Gasteiger partial charge on any atom is 0.224 e. The summed E-state index contributed by atoms with van der Waals surface area (Å²) in [5.41, 5.74) is 10.2. The van der Waals surface area contributed by atoms with Gasteiger partial charge in [-0.1, -0.05) is 334 Å². The molecule has 3 saturated heterocycles. The van der Waals surface area contributed by atoms with E-state index < -0.39 is 85.5 Å². The maximum absolute atomic E-state index is 8.12. The summed E-state index contributed by atoms with van der Waals surface area (Å²) in [5, 5.41) is 0. The molecule has 0 spiro atoms. The van der Waals surface area contributed by atoms with Crippen molar-refractivity contribution in [3.63, 3.8) is 0 Å². The summed E-state index contributed by atoms with van der Waals surface area (Å²) in [6.07, 6.45) is -13.5. The van der Waals surface area contributed by atoms with E-state index in [1.165, 1.54) is 0 Å². The van der Waals surface area contributed by atoms with Crippen LogP contribution < -0.4 is 0 Å². The molecule has 16 heteroatoms. The Morgan fingerprint density at radius 2 is 0.441 bits per heavy atom. The Balaban J connectivity index is 0.933. The Morgan fingerprint density at radius 3 is 0.739 bits per heavy atom. The van der Waals surface area contributed by atoms with Gasteiger partial charge in [-0.2, -0.15) is 0 Å². The Morgan fingerprint density at radius 1 is 0.216 bits per heavy atom. The Kier molecular flexibility index (Phi) is 29.6. The van der Waals surface area contributed by atoms with E-state index in [1.807, 2.05) is 334 Å². The normalized spacial score (nSPS) is 23.8. The van der Waals surface area contributed by atoms with Crippen LogP contribution in [0.15, 0.2) is 334 Å². The van der Waals surface area contributed by atoms with E-state index in [9.17, 15) is 0 Å². The largest absolute Gasteiger partial charge is 0.374 e. The first-order chi connectivity index (χ1) is 55.0. The van der Waals surface area contributed by atoms with Gasteiger partial charge in [0.2, 0.25) is 5.79 Å². The molecule has 11 aromatic rings. The summed E-state index contributed by atoms with van der Waals surface area (Å²) in [5.74, 6) is -2.05. The SMILES string of the molecule is c1ccc(COC[C@H]2O[C@@](COCc3ccccc3)(O[C@H]3O[C@H](COCc4ccccc4)[C@@H](OCc4ccccc4)[C@H](OCc4ccccc4)[C@H]3OCc3ccccc3)[C@@H](O[C@H]3O[C@H](COCc4ccccc4)[C@@H](OCc4ccccc4)[C@H](OCc4ccccc4)[C@H]3OCc3ccccc3)[C@@H]2OCc2ccccc2)cc1. The van der Waals surface area contributed by atoms with Crippen LogP contribution in [0.25, 0.3) is 0 Å². The summed E-state index contributed by atoms with van der Waals surface area (Å²) in [4.78, 5) is 0. The van der Waals surface area contributed by atoms with Crippen LogP contribution in [0.2, 0.25) is 0 Å². The topological polar surface area (TPSA) is 148 Å². The highest BCUT2D eigenvalue weighted by Gasteiger charge is 2.64. The molecule has 0 N–H and O–H groups in total. The second kappa shape index (κ2) is 41.9. The predicted molar refractivity (Wildman–Crippen MR) is 420 cm³/mol. The monoisotopic (exact) mass is 1490 g/mol. The molecule has 3 aliphatic heterocycles. The van der Waals surface area contributed by atoms with Gasteiger partial charge in [0.15, 0.2) is 12.6 Å². The van der Waals surface area contributed by atoms with Crippen LogP contribution in [0.5, 0.6) is 0 Å². The van der Waals surface area contributed by atoms with Crippen molar-refractivity contribution in [2.75, 3.05) is 26.4 Å². The van der Waals surface area contributed by atoms with Gasteiger partial charge in [-0.05, 0) is 61.2 Å². The highest BCUT2D eigenvalue weighted by molar-refractivity contribution is 5.23. The highest BCUT2D eigenvalue weighted by Crippen LogP contribution is 2.45. The standard InChI is InChI=1S/C95H98O16/c1-12-34-71(35-13-1)56-96-67-82-85(100-60-75-42-20-5-21-43-75)88(103-63-78-48-26-8-27-49-78)90(105-65-80-52-30-10-31-53-80)93(107-82)109-92-87(102-62-77-46-24-7-25-47-77)84(69-98-58-73-38-16-3-17-39-73)110-95(92,70-99-59-74-40-18-4-19-41-74)111-94-91(106-66-81-54-32-11-33-55-81)89(104-64-79-50-28-9-29-51-79)86(101-61-76-44-22-6-23-45-76)83(108-94)68-97-57-72-36-14-2-15-37-72/h1-55,82-94H,56-70H2/t82-,83-,84-,85-,86-,87-,88+,89+,90-,91-,92+,93-,94-,95+/m1/s1. The average molecular weight is 1500 g/mol. The van der Waals surface area contributed by atoms with Crippen molar-refractivity contribution in [3.05, 3.63) is 395 Å². The van der Waals surface area contributed by atoms with Crippen molar-refractivity contribution in [2.24, 2.45) is 0 Å². The molecule has 0 aliphatic carbocycles. The van der Waals surface area contributed by atoms with Crippen LogP contribution >= 0.6 is 0 Å². The molecular weight excluding hydrogens is 1400 g/mol. The molecule has 3 fully saturated rings. The molecule has 11 aromatic carbocycles. The molecular formula is C95H98O16. The second-order valence-electron chi connectivity index (χ2n) is 28.0. The molecule has 0 aromatic heterocycles. The van der Waals surface area contributed by atoms with Gasteiger partial charge in [-0.3, -0.25) is 0 Å². The third kappa shape index (κ3) is 23.0. The van der Waals surface area contributed by atoms with Crippen molar-refractivity contribution in [1.29, 1.82) is 0 Å². The first-order valence-electron chi connectivity index (χ1n) is 38.4. The quantitative estimate of drug-likeness (QED) is 0.0357. The number of rotatable bonds is 41. The number of ether oxygens (including phenoxy) is 16. The molecule has 0 saturated carbocycles. The minimum Gasteiger partial charge on any atom is -0.374 e. The molecule has 0 radical (unpaired) electrons. The molecule has 0 unspecified atom stereocenters. The zero-order chi connectivity index (χ0) is 75.2. The van der Waals surface area contributed by atoms with Crippen molar-refractivity contribution < 1.29 is 75.8 Å². The fourth-order valence-electron chi connectivity index (χ4n) is 14.1. The van der Waals surface area contributed by atoms with Gasteiger partial charge >= 0.3 is 0 Å². The van der Waals surface area contributed by atoms with Gasteiger partial charge in [-0.25, -0.2) is 0 Å². The van der Waals surface area contributed by atoms with E-state index in [1.54, 1.807) is 0 Å². The van der Waals surface area contributed by atoms with Gasteiger partial charge in [0, 0.05) is 0 Å². The molecule has 14 atom stereocenters.